The zero-order valence-electron chi connectivity index (χ0n) is 15.9. The molecule has 0 aliphatic carbocycles. The van der Waals surface area contributed by atoms with E-state index in [0.717, 1.165) is 42.5 Å². The number of ether oxygens (including phenoxy) is 1. The molecule has 4 rings (SSSR count). The van der Waals surface area contributed by atoms with Crippen molar-refractivity contribution in [2.75, 3.05) is 31.6 Å². The van der Waals surface area contributed by atoms with Crippen LogP contribution in [0.5, 0.6) is 5.75 Å². The van der Waals surface area contributed by atoms with Crippen LogP contribution >= 0.6 is 0 Å². The van der Waals surface area contributed by atoms with E-state index >= 15 is 0 Å². The summed E-state index contributed by atoms with van der Waals surface area (Å²) in [6.45, 7) is 2.72. The lowest BCUT2D eigenvalue weighted by molar-refractivity contribution is 0.0725. The average Bonchev–Trinajstić information content (AvgIpc) is 2.77. The Morgan fingerprint density at radius 1 is 1.00 bits per heavy atom. The average molecular weight is 375 g/mol. The third-order valence-corrected chi connectivity index (χ3v) is 5.08. The second-order valence-electron chi connectivity index (χ2n) is 7.00. The summed E-state index contributed by atoms with van der Waals surface area (Å²) in [5, 5.41) is 5.53. The number of benzene rings is 2. The van der Waals surface area contributed by atoms with E-state index in [0.29, 0.717) is 24.5 Å². The number of amides is 1. The molecule has 1 fully saturated rings. The molecular formula is C23H25N3O2. The van der Waals surface area contributed by atoms with E-state index in [4.69, 9.17) is 4.74 Å². The highest BCUT2D eigenvalue weighted by molar-refractivity contribution is 5.98. The van der Waals surface area contributed by atoms with Gasteiger partial charge in [-0.05, 0) is 42.8 Å². The highest BCUT2D eigenvalue weighted by atomic mass is 16.5. The molecule has 28 heavy (non-hydrogen) atoms. The number of nitrogens with zero attached hydrogens (tertiary/aromatic N) is 2. The van der Waals surface area contributed by atoms with E-state index in [2.05, 4.69) is 28.5 Å². The van der Waals surface area contributed by atoms with Crippen LogP contribution < -0.4 is 10.1 Å². The van der Waals surface area contributed by atoms with Crippen molar-refractivity contribution >= 4 is 22.5 Å². The molecule has 0 unspecified atom stereocenters. The van der Waals surface area contributed by atoms with Crippen molar-refractivity contribution in [1.82, 2.24) is 9.88 Å². The summed E-state index contributed by atoms with van der Waals surface area (Å²) in [6.07, 6.45) is 5.07. The largest absolute Gasteiger partial charge is 0.491 e. The molecule has 0 radical (unpaired) electrons. The van der Waals surface area contributed by atoms with Crippen molar-refractivity contribution in [3.05, 3.63) is 66.4 Å². The van der Waals surface area contributed by atoms with Gasteiger partial charge in [-0.3, -0.25) is 4.79 Å². The van der Waals surface area contributed by atoms with Gasteiger partial charge in [0.25, 0.3) is 5.91 Å². The number of pyridine rings is 1. The number of rotatable bonds is 6. The molecule has 0 bridgehead atoms. The smallest absolute Gasteiger partial charge is 0.257 e. The predicted octanol–water partition coefficient (Wildman–Crippen LogP) is 4.35. The number of carbonyl (C=O) groups excluding carboxylic acids is 1. The first-order valence-electron chi connectivity index (χ1n) is 9.92. The van der Waals surface area contributed by atoms with Crippen LogP contribution in [0.25, 0.3) is 10.8 Å². The summed E-state index contributed by atoms with van der Waals surface area (Å²) in [5.74, 6) is 1.55. The lowest BCUT2D eigenvalue weighted by Crippen LogP contribution is -2.36. The minimum absolute atomic E-state index is 0.0604. The molecule has 1 saturated heterocycles. The first-order valence-corrected chi connectivity index (χ1v) is 9.92. The van der Waals surface area contributed by atoms with Crippen LogP contribution in [0.4, 0.5) is 5.82 Å². The summed E-state index contributed by atoms with van der Waals surface area (Å²) in [4.78, 5) is 19.1. The molecule has 5 nitrogen and oxygen atoms in total. The molecule has 3 aromatic rings. The van der Waals surface area contributed by atoms with Gasteiger partial charge in [0.1, 0.15) is 18.2 Å². The SMILES string of the molecule is O=C(c1cccnc1NCCOc1cccc2ccccc12)N1CCCCC1. The van der Waals surface area contributed by atoms with Crippen molar-refractivity contribution < 1.29 is 9.53 Å². The lowest BCUT2D eigenvalue weighted by atomic mass is 10.1. The summed E-state index contributed by atoms with van der Waals surface area (Å²) >= 11 is 0. The van der Waals surface area contributed by atoms with Gasteiger partial charge in [0.2, 0.25) is 0 Å². The molecule has 0 spiro atoms. The van der Waals surface area contributed by atoms with Crippen LogP contribution in [-0.4, -0.2) is 42.0 Å². The fraction of sp³-hybridized carbons (Fsp3) is 0.304. The number of carbonyl (C=O) groups is 1. The lowest BCUT2D eigenvalue weighted by Gasteiger charge is -2.27. The number of nitrogens with one attached hydrogen (secondary N) is 1. The normalized spacial score (nSPS) is 14.1. The molecule has 1 aliphatic rings. The van der Waals surface area contributed by atoms with E-state index in [1.807, 2.05) is 41.3 Å². The topological polar surface area (TPSA) is 54.5 Å². The summed E-state index contributed by atoms with van der Waals surface area (Å²) < 4.78 is 5.97. The van der Waals surface area contributed by atoms with E-state index in [9.17, 15) is 4.79 Å². The highest BCUT2D eigenvalue weighted by Crippen LogP contribution is 2.25. The first kappa shape index (κ1) is 18.3. The second-order valence-corrected chi connectivity index (χ2v) is 7.00. The van der Waals surface area contributed by atoms with Crippen LogP contribution in [0, 0.1) is 0 Å². The zero-order chi connectivity index (χ0) is 19.2. The quantitative estimate of drug-likeness (QED) is 0.651. The summed E-state index contributed by atoms with van der Waals surface area (Å²) in [7, 11) is 0. The maximum Gasteiger partial charge on any atom is 0.257 e. The number of aromatic nitrogens is 1. The van der Waals surface area contributed by atoms with Gasteiger partial charge in [0, 0.05) is 24.7 Å². The van der Waals surface area contributed by atoms with Gasteiger partial charge < -0.3 is 15.0 Å². The molecule has 2 aromatic carbocycles. The Morgan fingerprint density at radius 3 is 2.71 bits per heavy atom. The minimum atomic E-state index is 0.0604. The number of piperidine rings is 1. The van der Waals surface area contributed by atoms with Crippen LogP contribution in [-0.2, 0) is 0 Å². The molecular weight excluding hydrogens is 350 g/mol. The number of likely N-dealkylation sites (tertiary alicyclic amines) is 1. The molecule has 1 aliphatic heterocycles. The Morgan fingerprint density at radius 2 is 1.82 bits per heavy atom. The van der Waals surface area contributed by atoms with E-state index in [-0.39, 0.29) is 5.91 Å². The van der Waals surface area contributed by atoms with Gasteiger partial charge >= 0.3 is 0 Å². The Bertz CT molecular complexity index is 946. The number of anilines is 1. The van der Waals surface area contributed by atoms with Gasteiger partial charge in [-0.25, -0.2) is 4.98 Å². The van der Waals surface area contributed by atoms with Crippen LogP contribution in [0.3, 0.4) is 0 Å². The molecule has 1 aromatic heterocycles. The third-order valence-electron chi connectivity index (χ3n) is 5.08. The molecule has 1 amide bonds. The second kappa shape index (κ2) is 8.74. The zero-order valence-corrected chi connectivity index (χ0v) is 15.9. The van der Waals surface area contributed by atoms with Crippen molar-refractivity contribution in [3.8, 4) is 5.75 Å². The summed E-state index contributed by atoms with van der Waals surface area (Å²) in [6, 6.07) is 17.9. The van der Waals surface area contributed by atoms with Crippen LogP contribution in [0.15, 0.2) is 60.8 Å². The van der Waals surface area contributed by atoms with Gasteiger partial charge in [-0.15, -0.1) is 0 Å². The van der Waals surface area contributed by atoms with Gasteiger partial charge in [-0.2, -0.15) is 0 Å². The summed E-state index contributed by atoms with van der Waals surface area (Å²) in [5.41, 5.74) is 0.634. The number of fused-ring (bicyclic) bond motifs is 1. The van der Waals surface area contributed by atoms with Crippen molar-refractivity contribution in [2.24, 2.45) is 0 Å². The van der Waals surface area contributed by atoms with E-state index < -0.39 is 0 Å². The van der Waals surface area contributed by atoms with Crippen LogP contribution in [0.1, 0.15) is 29.6 Å². The van der Waals surface area contributed by atoms with Crippen LogP contribution in [0.2, 0.25) is 0 Å². The third kappa shape index (κ3) is 4.09. The Balaban J connectivity index is 1.38. The standard InChI is InChI=1S/C23H25N3O2/c27-23(26-15-4-1-5-16-26)20-11-7-13-24-22(20)25-14-17-28-21-12-6-9-18-8-2-3-10-19(18)21/h2-3,6-13H,1,4-5,14-17H2,(H,24,25). The van der Waals surface area contributed by atoms with Gasteiger partial charge in [0.05, 0.1) is 12.1 Å². The van der Waals surface area contributed by atoms with E-state index in [1.54, 1.807) is 6.20 Å². The molecule has 1 N–H and O–H groups in total. The van der Waals surface area contributed by atoms with E-state index in [1.165, 1.54) is 6.42 Å². The van der Waals surface area contributed by atoms with Crippen molar-refractivity contribution in [2.45, 2.75) is 19.3 Å². The first-order chi connectivity index (χ1) is 13.8. The fourth-order valence-corrected chi connectivity index (χ4v) is 3.64. The predicted molar refractivity (Wildman–Crippen MR) is 112 cm³/mol. The monoisotopic (exact) mass is 375 g/mol. The Hall–Kier alpha value is -3.08. The Kier molecular flexibility index (Phi) is 5.71. The molecule has 144 valence electrons. The molecule has 0 saturated carbocycles. The molecule has 5 heteroatoms. The minimum Gasteiger partial charge on any atom is -0.491 e. The number of hydrogen-bond donors (Lipinski definition) is 1. The highest BCUT2D eigenvalue weighted by Gasteiger charge is 2.21. The fourth-order valence-electron chi connectivity index (χ4n) is 3.64. The maximum absolute atomic E-state index is 12.8. The van der Waals surface area contributed by atoms with Gasteiger partial charge in [0.15, 0.2) is 0 Å². The van der Waals surface area contributed by atoms with Crippen molar-refractivity contribution in [1.29, 1.82) is 0 Å². The van der Waals surface area contributed by atoms with Crippen molar-refractivity contribution in [3.63, 3.8) is 0 Å². The Labute approximate surface area is 165 Å². The molecule has 0 atom stereocenters. The number of hydrogen-bond acceptors (Lipinski definition) is 4. The molecule has 2 heterocycles. The maximum atomic E-state index is 12.8. The van der Waals surface area contributed by atoms with Gasteiger partial charge in [-0.1, -0.05) is 36.4 Å².